The Morgan fingerprint density at radius 2 is 2.00 bits per heavy atom. The van der Waals surface area contributed by atoms with Crippen molar-refractivity contribution in [3.8, 4) is 11.3 Å². The number of nitrogen functional groups attached to an aromatic ring is 1. The smallest absolute Gasteiger partial charge is 0.231 e. The number of rotatable bonds is 3. The van der Waals surface area contributed by atoms with E-state index in [1.54, 1.807) is 12.3 Å². The van der Waals surface area contributed by atoms with Crippen molar-refractivity contribution in [2.24, 2.45) is 5.92 Å². The maximum absolute atomic E-state index is 13.0. The Morgan fingerprint density at radius 3 is 2.71 bits per heavy atom. The molecule has 1 aliphatic rings. The van der Waals surface area contributed by atoms with Crippen molar-refractivity contribution >= 4 is 28.3 Å². The highest BCUT2D eigenvalue weighted by Crippen LogP contribution is 2.35. The van der Waals surface area contributed by atoms with Crippen LogP contribution in [0.5, 0.6) is 0 Å². The summed E-state index contributed by atoms with van der Waals surface area (Å²) in [6, 6.07) is 13.3. The number of nitrogens with two attached hydrogens (primary N) is 1. The van der Waals surface area contributed by atoms with Crippen LogP contribution >= 0.6 is 0 Å². The van der Waals surface area contributed by atoms with Crippen LogP contribution in [0.3, 0.4) is 0 Å². The molecular formula is C18H15FN4O. The van der Waals surface area contributed by atoms with Gasteiger partial charge in [-0.1, -0.05) is 30.3 Å². The molecule has 0 saturated heterocycles. The molecule has 24 heavy (non-hydrogen) atoms. The minimum absolute atomic E-state index is 0.286. The second-order valence-electron chi connectivity index (χ2n) is 5.90. The van der Waals surface area contributed by atoms with E-state index in [0.717, 1.165) is 16.6 Å². The minimum atomic E-state index is -1.03. The Morgan fingerprint density at radius 1 is 1.25 bits per heavy atom. The molecule has 5 nitrogen and oxygen atoms in total. The van der Waals surface area contributed by atoms with Crippen molar-refractivity contribution in [2.75, 3.05) is 11.1 Å². The molecule has 6 heteroatoms. The number of hydrogen-bond donors (Lipinski definition) is 2. The molecule has 1 aliphatic carbocycles. The first-order valence-electron chi connectivity index (χ1n) is 7.68. The van der Waals surface area contributed by atoms with Gasteiger partial charge in [0.25, 0.3) is 0 Å². The minimum Gasteiger partial charge on any atom is -0.383 e. The monoisotopic (exact) mass is 322 g/mol. The molecule has 1 aromatic carbocycles. The van der Waals surface area contributed by atoms with Crippen LogP contribution < -0.4 is 11.1 Å². The third-order valence-corrected chi connectivity index (χ3v) is 4.12. The number of alkyl halides is 1. The highest BCUT2D eigenvalue weighted by atomic mass is 19.1. The number of benzene rings is 1. The second-order valence-corrected chi connectivity index (χ2v) is 5.90. The van der Waals surface area contributed by atoms with E-state index in [2.05, 4.69) is 15.3 Å². The Hall–Kier alpha value is -3.02. The molecule has 2 heterocycles. The van der Waals surface area contributed by atoms with Gasteiger partial charge in [-0.05, 0) is 23.9 Å². The Labute approximate surface area is 137 Å². The molecule has 0 radical (unpaired) electrons. The first kappa shape index (κ1) is 14.6. The van der Waals surface area contributed by atoms with Gasteiger partial charge in [0.2, 0.25) is 5.91 Å². The first-order chi connectivity index (χ1) is 11.6. The first-order valence-corrected chi connectivity index (χ1v) is 7.68. The van der Waals surface area contributed by atoms with Crippen LogP contribution in [0.25, 0.3) is 22.0 Å². The molecule has 0 unspecified atom stereocenters. The van der Waals surface area contributed by atoms with Crippen LogP contribution in [0.15, 0.2) is 48.7 Å². The fraction of sp³-hybridized carbons (Fsp3) is 0.167. The summed E-state index contributed by atoms with van der Waals surface area (Å²) in [5.41, 5.74) is 7.73. The quantitative estimate of drug-likeness (QED) is 0.776. The van der Waals surface area contributed by atoms with Crippen LogP contribution in [0, 0.1) is 5.92 Å². The van der Waals surface area contributed by atoms with Crippen LogP contribution in [0.1, 0.15) is 6.42 Å². The van der Waals surface area contributed by atoms with Crippen LogP contribution in [0.2, 0.25) is 0 Å². The molecule has 4 rings (SSSR count). The zero-order chi connectivity index (χ0) is 16.7. The van der Waals surface area contributed by atoms with E-state index in [4.69, 9.17) is 5.73 Å². The molecule has 120 valence electrons. The fourth-order valence-electron chi connectivity index (χ4n) is 2.65. The number of aromatic nitrogens is 2. The average molecular weight is 322 g/mol. The third-order valence-electron chi connectivity index (χ3n) is 4.12. The number of hydrogen-bond acceptors (Lipinski definition) is 4. The van der Waals surface area contributed by atoms with Gasteiger partial charge in [-0.15, -0.1) is 0 Å². The van der Waals surface area contributed by atoms with Crippen LogP contribution in [0.4, 0.5) is 16.0 Å². The van der Waals surface area contributed by atoms with E-state index in [9.17, 15) is 9.18 Å². The molecule has 0 bridgehead atoms. The molecule has 3 N–H and O–H groups in total. The van der Waals surface area contributed by atoms with Gasteiger partial charge >= 0.3 is 0 Å². The van der Waals surface area contributed by atoms with Crippen molar-refractivity contribution in [1.82, 2.24) is 9.97 Å². The number of fused-ring (bicyclic) bond motifs is 1. The number of carbonyl (C=O) groups is 1. The number of nitrogens with zero attached hydrogens (tertiary/aromatic N) is 2. The van der Waals surface area contributed by atoms with Crippen LogP contribution in [-0.2, 0) is 4.79 Å². The predicted molar refractivity (Wildman–Crippen MR) is 91.0 cm³/mol. The zero-order valence-corrected chi connectivity index (χ0v) is 12.7. The Bertz CT molecular complexity index is 929. The summed E-state index contributed by atoms with van der Waals surface area (Å²) in [5.74, 6) is -0.122. The van der Waals surface area contributed by atoms with Gasteiger partial charge in [0.15, 0.2) is 0 Å². The SMILES string of the molecule is Nc1nc(-c2ccccc2)cc2cc(NC(=O)[C@H]3C[C@@H]3F)ncc12. The molecule has 1 amide bonds. The van der Waals surface area contributed by atoms with E-state index in [1.165, 1.54) is 0 Å². The van der Waals surface area contributed by atoms with Gasteiger partial charge in [-0.25, -0.2) is 14.4 Å². The lowest BCUT2D eigenvalue weighted by atomic mass is 10.1. The molecule has 0 spiro atoms. The van der Waals surface area contributed by atoms with E-state index in [-0.39, 0.29) is 12.3 Å². The van der Waals surface area contributed by atoms with Crippen LogP contribution in [-0.4, -0.2) is 22.0 Å². The normalized spacial score (nSPS) is 19.2. The van der Waals surface area contributed by atoms with Crippen molar-refractivity contribution < 1.29 is 9.18 Å². The largest absolute Gasteiger partial charge is 0.383 e. The maximum Gasteiger partial charge on any atom is 0.231 e. The van der Waals surface area contributed by atoms with Gasteiger partial charge in [0, 0.05) is 17.1 Å². The summed E-state index contributed by atoms with van der Waals surface area (Å²) in [6.45, 7) is 0. The van der Waals surface area contributed by atoms with Gasteiger partial charge in [0.1, 0.15) is 17.8 Å². The van der Waals surface area contributed by atoms with Crippen molar-refractivity contribution in [3.63, 3.8) is 0 Å². The summed E-state index contributed by atoms with van der Waals surface area (Å²) in [4.78, 5) is 20.4. The molecule has 1 fully saturated rings. The maximum atomic E-state index is 13.0. The van der Waals surface area contributed by atoms with Crippen molar-refractivity contribution in [1.29, 1.82) is 0 Å². The lowest BCUT2D eigenvalue weighted by Gasteiger charge is -2.08. The Kier molecular flexibility index (Phi) is 3.37. The highest BCUT2D eigenvalue weighted by molar-refractivity contribution is 5.98. The summed E-state index contributed by atoms with van der Waals surface area (Å²) < 4.78 is 13.0. The molecule has 3 aromatic rings. The molecule has 0 aliphatic heterocycles. The lowest BCUT2D eigenvalue weighted by molar-refractivity contribution is -0.117. The lowest BCUT2D eigenvalue weighted by Crippen LogP contribution is -2.15. The Balaban J connectivity index is 1.71. The van der Waals surface area contributed by atoms with Crippen molar-refractivity contribution in [3.05, 3.63) is 48.7 Å². The van der Waals surface area contributed by atoms with E-state index >= 15 is 0 Å². The standard InChI is InChI=1S/C18H15FN4O/c19-14-8-12(14)18(24)23-16-7-11-6-15(10-4-2-1-3-5-10)22-17(20)13(11)9-21-16/h1-7,9,12,14H,8H2,(H2,20,22)(H,21,23,24)/t12-,14-/m0/s1. The van der Waals surface area contributed by atoms with E-state index in [0.29, 0.717) is 17.0 Å². The number of carbonyl (C=O) groups excluding carboxylic acids is 1. The van der Waals surface area contributed by atoms with E-state index < -0.39 is 12.1 Å². The topological polar surface area (TPSA) is 80.9 Å². The van der Waals surface area contributed by atoms with Gasteiger partial charge in [0.05, 0.1) is 11.6 Å². The average Bonchev–Trinajstić information content (AvgIpc) is 3.32. The molecule has 2 aromatic heterocycles. The van der Waals surface area contributed by atoms with Gasteiger partial charge in [-0.3, -0.25) is 4.79 Å². The molecule has 1 saturated carbocycles. The zero-order valence-electron chi connectivity index (χ0n) is 12.7. The second kappa shape index (κ2) is 5.56. The fourth-order valence-corrected chi connectivity index (χ4v) is 2.65. The summed E-state index contributed by atoms with van der Waals surface area (Å²) in [6.07, 6.45) is 0.825. The summed E-state index contributed by atoms with van der Waals surface area (Å²) >= 11 is 0. The molecular weight excluding hydrogens is 307 g/mol. The number of pyridine rings is 2. The number of anilines is 2. The van der Waals surface area contributed by atoms with Gasteiger partial charge < -0.3 is 11.1 Å². The van der Waals surface area contributed by atoms with Gasteiger partial charge in [-0.2, -0.15) is 0 Å². The number of nitrogens with one attached hydrogen (secondary N) is 1. The predicted octanol–water partition coefficient (Wildman–Crippen LogP) is 3.18. The van der Waals surface area contributed by atoms with Crippen molar-refractivity contribution in [2.45, 2.75) is 12.6 Å². The number of amides is 1. The summed E-state index contributed by atoms with van der Waals surface area (Å²) in [7, 11) is 0. The summed E-state index contributed by atoms with van der Waals surface area (Å²) in [5, 5.41) is 4.18. The third kappa shape index (κ3) is 2.67. The van der Waals surface area contributed by atoms with E-state index in [1.807, 2.05) is 36.4 Å². The highest BCUT2D eigenvalue weighted by Gasteiger charge is 2.43. The molecule has 2 atom stereocenters. The number of halogens is 1.